The zero-order valence-corrected chi connectivity index (χ0v) is 22.8. The smallest absolute Gasteiger partial charge is 0.316 e. The first kappa shape index (κ1) is 27.4. The van der Waals surface area contributed by atoms with E-state index < -0.39 is 10.2 Å². The maximum atomic E-state index is 12.9. The van der Waals surface area contributed by atoms with Crippen LogP contribution in [0, 0.1) is 5.92 Å². The Morgan fingerprint density at radius 1 is 1.00 bits per heavy atom. The van der Waals surface area contributed by atoms with Gasteiger partial charge in [-0.1, -0.05) is 43.0 Å². The number of rotatable bonds is 12. The summed E-state index contributed by atoms with van der Waals surface area (Å²) in [4.78, 5) is 17.7. The number of ether oxygens (including phenoxy) is 2. The predicted octanol–water partition coefficient (Wildman–Crippen LogP) is 4.59. The summed E-state index contributed by atoms with van der Waals surface area (Å²) in [6.45, 7) is 0.668. The van der Waals surface area contributed by atoms with Crippen molar-refractivity contribution in [2.45, 2.75) is 37.0 Å². The second-order valence-corrected chi connectivity index (χ2v) is 11.3. The molecule has 1 aromatic carbocycles. The van der Waals surface area contributed by atoms with Gasteiger partial charge >= 0.3 is 6.01 Å². The van der Waals surface area contributed by atoms with E-state index in [9.17, 15) is 8.42 Å². The molecule has 2 N–H and O–H groups in total. The van der Waals surface area contributed by atoms with Gasteiger partial charge in [-0.15, -0.1) is 11.8 Å². The number of benzene rings is 1. The van der Waals surface area contributed by atoms with Crippen molar-refractivity contribution < 1.29 is 17.9 Å². The fourth-order valence-corrected chi connectivity index (χ4v) is 5.35. The van der Waals surface area contributed by atoms with Crippen LogP contribution < -0.4 is 18.9 Å². The van der Waals surface area contributed by atoms with E-state index in [4.69, 9.17) is 21.1 Å². The molecule has 37 heavy (non-hydrogen) atoms. The average Bonchev–Trinajstić information content (AvgIpc) is 2.91. The van der Waals surface area contributed by atoms with Crippen LogP contribution in [0.1, 0.15) is 32.1 Å². The molecule has 4 rings (SSSR count). The van der Waals surface area contributed by atoms with Gasteiger partial charge in [0.25, 0.3) is 10.2 Å². The Kier molecular flexibility index (Phi) is 9.78. The molecule has 0 saturated heterocycles. The highest BCUT2D eigenvalue weighted by Gasteiger charge is 2.22. The van der Waals surface area contributed by atoms with Gasteiger partial charge in [-0.3, -0.25) is 4.72 Å². The third-order valence-electron chi connectivity index (χ3n) is 5.86. The molecule has 10 nitrogen and oxygen atoms in total. The van der Waals surface area contributed by atoms with Crippen molar-refractivity contribution in [2.75, 3.05) is 30.7 Å². The number of hydrogen-bond acceptors (Lipinski definition) is 9. The van der Waals surface area contributed by atoms with Crippen LogP contribution in [0.25, 0.3) is 11.1 Å². The molecule has 0 radical (unpaired) electrons. The van der Waals surface area contributed by atoms with Gasteiger partial charge in [-0.25, -0.2) is 19.9 Å². The van der Waals surface area contributed by atoms with Crippen LogP contribution in [0.3, 0.4) is 0 Å². The molecule has 2 aromatic heterocycles. The van der Waals surface area contributed by atoms with Crippen LogP contribution in [0.15, 0.2) is 47.9 Å². The molecule has 1 aliphatic rings. The molecule has 0 amide bonds. The van der Waals surface area contributed by atoms with Gasteiger partial charge in [0.15, 0.2) is 5.82 Å². The Hall–Kier alpha value is -2.67. The van der Waals surface area contributed by atoms with Crippen LogP contribution >= 0.6 is 23.4 Å². The number of aromatic nitrogens is 4. The van der Waals surface area contributed by atoms with Crippen molar-refractivity contribution in [3.63, 3.8) is 0 Å². The first-order chi connectivity index (χ1) is 17.9. The van der Waals surface area contributed by atoms with Gasteiger partial charge in [-0.2, -0.15) is 13.1 Å². The molecule has 2 heterocycles. The van der Waals surface area contributed by atoms with Gasteiger partial charge in [0.2, 0.25) is 5.88 Å². The maximum absolute atomic E-state index is 12.9. The number of anilines is 1. The highest BCUT2D eigenvalue weighted by atomic mass is 35.5. The number of halogens is 1. The molecule has 3 aromatic rings. The van der Waals surface area contributed by atoms with Crippen LogP contribution in [-0.2, 0) is 10.2 Å². The summed E-state index contributed by atoms with van der Waals surface area (Å²) < 4.78 is 42.4. The van der Waals surface area contributed by atoms with Gasteiger partial charge in [0.05, 0.1) is 5.56 Å². The van der Waals surface area contributed by atoms with Gasteiger partial charge in [-0.05, 0) is 42.7 Å². The zero-order valence-electron chi connectivity index (χ0n) is 20.4. The predicted molar refractivity (Wildman–Crippen MR) is 144 cm³/mol. The Labute approximate surface area is 226 Å². The molecule has 1 fully saturated rings. The molecule has 13 heteroatoms. The van der Waals surface area contributed by atoms with E-state index in [0.29, 0.717) is 28.6 Å². The quantitative estimate of drug-likeness (QED) is 0.239. The monoisotopic (exact) mass is 564 g/mol. The van der Waals surface area contributed by atoms with E-state index >= 15 is 0 Å². The standard InChI is InChI=1S/C24H29ClN6O4S2/c1-36-20-14-26-24(27-15-20)35-12-11-34-23-21(18-7-9-19(25)10-8-18)22(28-16-29-23)31-37(32,33)30-13-17-5-3-2-4-6-17/h7-10,14-17,30H,2-6,11-13H2,1H3,(H,28,29,31). The number of hydrogen-bond donors (Lipinski definition) is 2. The minimum Gasteiger partial charge on any atom is -0.473 e. The SMILES string of the molecule is CSc1cnc(OCCOc2ncnc(NS(=O)(=O)NCC3CCCCC3)c2-c2ccc(Cl)cc2)nc1. The maximum Gasteiger partial charge on any atom is 0.316 e. The lowest BCUT2D eigenvalue weighted by Gasteiger charge is -2.22. The normalized spacial score (nSPS) is 14.3. The van der Waals surface area contributed by atoms with Crippen molar-refractivity contribution in [3.05, 3.63) is 48.0 Å². The third kappa shape index (κ3) is 8.16. The van der Waals surface area contributed by atoms with Crippen molar-refractivity contribution >= 4 is 39.4 Å². The molecule has 1 saturated carbocycles. The highest BCUT2D eigenvalue weighted by molar-refractivity contribution is 7.98. The lowest BCUT2D eigenvalue weighted by molar-refractivity contribution is 0.201. The lowest BCUT2D eigenvalue weighted by Crippen LogP contribution is -2.35. The Morgan fingerprint density at radius 2 is 1.70 bits per heavy atom. The van der Waals surface area contributed by atoms with Gasteiger partial charge in [0, 0.05) is 28.9 Å². The molecule has 0 atom stereocenters. The molecular weight excluding hydrogens is 536 g/mol. The molecule has 198 valence electrons. The summed E-state index contributed by atoms with van der Waals surface area (Å²) in [5, 5.41) is 0.542. The van der Waals surface area contributed by atoms with Crippen LogP contribution in [0.4, 0.5) is 5.82 Å². The van der Waals surface area contributed by atoms with Crippen LogP contribution in [0.2, 0.25) is 5.02 Å². The van der Waals surface area contributed by atoms with E-state index in [1.807, 2.05) is 6.26 Å². The summed E-state index contributed by atoms with van der Waals surface area (Å²) in [6, 6.07) is 7.13. The molecule has 0 aliphatic heterocycles. The van der Waals surface area contributed by atoms with E-state index in [2.05, 4.69) is 29.4 Å². The summed E-state index contributed by atoms with van der Waals surface area (Å²) >= 11 is 7.60. The van der Waals surface area contributed by atoms with Crippen molar-refractivity contribution in [1.82, 2.24) is 24.7 Å². The Bertz CT molecular complexity index is 1260. The molecule has 1 aliphatic carbocycles. The fourth-order valence-electron chi connectivity index (χ4n) is 3.97. The van der Waals surface area contributed by atoms with Crippen molar-refractivity contribution in [2.24, 2.45) is 5.92 Å². The van der Waals surface area contributed by atoms with Crippen molar-refractivity contribution in [1.29, 1.82) is 0 Å². The summed E-state index contributed by atoms with van der Waals surface area (Å²) in [6.07, 6.45) is 12.1. The van der Waals surface area contributed by atoms with E-state index in [-0.39, 0.29) is 30.9 Å². The number of thioether (sulfide) groups is 1. The van der Waals surface area contributed by atoms with Crippen LogP contribution in [-0.4, -0.2) is 54.4 Å². The van der Waals surface area contributed by atoms with Crippen molar-refractivity contribution in [3.8, 4) is 23.0 Å². The van der Waals surface area contributed by atoms with Crippen LogP contribution in [0.5, 0.6) is 11.9 Å². The minimum absolute atomic E-state index is 0.0976. The first-order valence-corrected chi connectivity index (χ1v) is 15.0. The third-order valence-corrected chi connectivity index (χ3v) is 7.80. The van der Waals surface area contributed by atoms with E-state index in [0.717, 1.165) is 30.6 Å². The highest BCUT2D eigenvalue weighted by Crippen LogP contribution is 2.35. The summed E-state index contributed by atoms with van der Waals surface area (Å²) in [7, 11) is -3.87. The average molecular weight is 565 g/mol. The minimum atomic E-state index is -3.87. The van der Waals surface area contributed by atoms with E-state index in [1.165, 1.54) is 24.5 Å². The molecule has 0 bridgehead atoms. The zero-order chi connectivity index (χ0) is 26.1. The molecule has 0 unspecified atom stereocenters. The second-order valence-electron chi connectivity index (χ2n) is 8.47. The van der Waals surface area contributed by atoms with Gasteiger partial charge in [0.1, 0.15) is 19.5 Å². The lowest BCUT2D eigenvalue weighted by atomic mass is 9.90. The number of nitrogens with zero attached hydrogens (tertiary/aromatic N) is 4. The molecular formula is C24H29ClN6O4S2. The largest absolute Gasteiger partial charge is 0.473 e. The topological polar surface area (TPSA) is 128 Å². The molecule has 0 spiro atoms. The Morgan fingerprint density at radius 3 is 2.41 bits per heavy atom. The number of nitrogens with one attached hydrogen (secondary N) is 2. The fraction of sp³-hybridized carbons (Fsp3) is 0.417. The van der Waals surface area contributed by atoms with Gasteiger partial charge < -0.3 is 9.47 Å². The Balaban J connectivity index is 1.47. The first-order valence-electron chi connectivity index (χ1n) is 11.9. The van der Waals surface area contributed by atoms with E-state index in [1.54, 1.807) is 36.7 Å². The summed E-state index contributed by atoms with van der Waals surface area (Å²) in [5.74, 6) is 0.635. The summed E-state index contributed by atoms with van der Waals surface area (Å²) in [5.41, 5.74) is 1.03. The second kappa shape index (κ2) is 13.2.